The zero-order valence-corrected chi connectivity index (χ0v) is 15.6. The maximum atomic E-state index is 13.2. The van der Waals surface area contributed by atoms with Gasteiger partial charge in [0.25, 0.3) is 5.56 Å². The van der Waals surface area contributed by atoms with E-state index >= 15 is 0 Å². The molecule has 2 rings (SSSR count). The molecular formula is C15H16ClF3N2O5S. The molecule has 0 aliphatic rings. The standard InChI is InChI=1S/C15H16ClF3N2O5S/c1-25-2-3-26-5-7(22)6-27-12-10(16)9(15(17,18)19)4-8-11(12)20-14(24)21-13(8)23/h4,7,22H,2-3,5-6H2,1H3,(H2,20,21,23,24)/t7-/m1/s1. The monoisotopic (exact) mass is 428 g/mol. The molecule has 2 aromatic rings. The summed E-state index contributed by atoms with van der Waals surface area (Å²) in [5.41, 5.74) is -3.18. The van der Waals surface area contributed by atoms with Crippen LogP contribution in [0.25, 0.3) is 10.9 Å². The van der Waals surface area contributed by atoms with Gasteiger partial charge < -0.3 is 19.6 Å². The third kappa shape index (κ3) is 5.48. The summed E-state index contributed by atoms with van der Waals surface area (Å²) < 4.78 is 49.7. The second-order valence-electron chi connectivity index (χ2n) is 5.43. The van der Waals surface area contributed by atoms with E-state index in [9.17, 15) is 27.9 Å². The molecule has 0 bridgehead atoms. The van der Waals surface area contributed by atoms with Crippen LogP contribution < -0.4 is 11.2 Å². The number of nitrogens with one attached hydrogen (secondary N) is 2. The van der Waals surface area contributed by atoms with Crippen LogP contribution in [0, 0.1) is 0 Å². The smallest absolute Gasteiger partial charge is 0.390 e. The van der Waals surface area contributed by atoms with Crippen LogP contribution in [-0.4, -0.2) is 53.9 Å². The van der Waals surface area contributed by atoms with Gasteiger partial charge in [-0.05, 0) is 6.07 Å². The molecule has 1 atom stereocenters. The molecule has 0 unspecified atom stereocenters. The molecule has 1 aromatic carbocycles. The number of aromatic amines is 2. The Labute approximate surface area is 159 Å². The number of methoxy groups -OCH3 is 1. The SMILES string of the molecule is COCCOC[C@@H](O)CSc1c(Cl)c(C(F)(F)F)cc2c(=O)[nH]c(=O)[nH]c12. The summed E-state index contributed by atoms with van der Waals surface area (Å²) >= 11 is 6.68. The molecular weight excluding hydrogens is 413 g/mol. The molecule has 0 spiro atoms. The third-order valence-corrected chi connectivity index (χ3v) is 5.15. The van der Waals surface area contributed by atoms with Crippen LogP contribution in [0.4, 0.5) is 13.2 Å². The van der Waals surface area contributed by atoms with Crippen molar-refractivity contribution in [1.82, 2.24) is 9.97 Å². The number of hydrogen-bond donors (Lipinski definition) is 3. The number of aliphatic hydroxyl groups is 1. The van der Waals surface area contributed by atoms with Gasteiger partial charge in [0.05, 0.1) is 52.3 Å². The molecule has 0 saturated carbocycles. The Kier molecular flexibility index (Phi) is 7.34. The van der Waals surface area contributed by atoms with E-state index in [4.69, 9.17) is 21.1 Å². The molecule has 0 fully saturated rings. The van der Waals surface area contributed by atoms with Gasteiger partial charge in [0.1, 0.15) is 0 Å². The normalized spacial score (nSPS) is 13.3. The second-order valence-corrected chi connectivity index (χ2v) is 6.84. The predicted molar refractivity (Wildman–Crippen MR) is 94.6 cm³/mol. The largest absolute Gasteiger partial charge is 0.417 e. The zero-order valence-electron chi connectivity index (χ0n) is 14.0. The minimum absolute atomic E-state index is 0.0675. The first-order chi connectivity index (χ1) is 12.6. The van der Waals surface area contributed by atoms with Crippen LogP contribution in [-0.2, 0) is 15.7 Å². The number of fused-ring (bicyclic) bond motifs is 1. The Bertz CT molecular complexity index is 915. The molecule has 0 aliphatic carbocycles. The number of aliphatic hydroxyl groups excluding tert-OH is 1. The topological polar surface area (TPSA) is 104 Å². The lowest BCUT2D eigenvalue weighted by molar-refractivity contribution is -0.137. The molecule has 12 heteroatoms. The Balaban J connectivity index is 2.37. The van der Waals surface area contributed by atoms with E-state index < -0.39 is 34.1 Å². The molecule has 3 N–H and O–H groups in total. The lowest BCUT2D eigenvalue weighted by Gasteiger charge is -2.16. The average Bonchev–Trinajstić information content (AvgIpc) is 2.56. The molecule has 1 aromatic heterocycles. The maximum Gasteiger partial charge on any atom is 0.417 e. The minimum atomic E-state index is -4.80. The molecule has 7 nitrogen and oxygen atoms in total. The van der Waals surface area contributed by atoms with Gasteiger partial charge in [-0.25, -0.2) is 4.79 Å². The van der Waals surface area contributed by atoms with Crippen molar-refractivity contribution in [3.05, 3.63) is 37.5 Å². The van der Waals surface area contributed by atoms with Crippen LogP contribution >= 0.6 is 23.4 Å². The van der Waals surface area contributed by atoms with Gasteiger partial charge in [0, 0.05) is 12.9 Å². The van der Waals surface area contributed by atoms with Crippen LogP contribution in [0.3, 0.4) is 0 Å². The fourth-order valence-electron chi connectivity index (χ4n) is 2.18. The number of halogens is 4. The highest BCUT2D eigenvalue weighted by Crippen LogP contribution is 2.42. The molecule has 150 valence electrons. The Morgan fingerprint density at radius 1 is 1.30 bits per heavy atom. The number of ether oxygens (including phenoxy) is 2. The highest BCUT2D eigenvalue weighted by Gasteiger charge is 2.35. The van der Waals surface area contributed by atoms with E-state index in [1.54, 1.807) is 0 Å². The zero-order chi connectivity index (χ0) is 20.2. The molecule has 0 amide bonds. The predicted octanol–water partition coefficient (Wildman–Crippen LogP) is 2.00. The number of benzene rings is 1. The number of hydrogen-bond acceptors (Lipinski definition) is 6. The van der Waals surface area contributed by atoms with Crippen molar-refractivity contribution in [3.8, 4) is 0 Å². The van der Waals surface area contributed by atoms with Crippen molar-refractivity contribution >= 4 is 34.3 Å². The summed E-state index contributed by atoms with van der Waals surface area (Å²) in [5.74, 6) is -0.0715. The Morgan fingerprint density at radius 3 is 2.63 bits per heavy atom. The summed E-state index contributed by atoms with van der Waals surface area (Å²) in [7, 11) is 1.48. The molecule has 0 radical (unpaired) electrons. The van der Waals surface area contributed by atoms with Crippen LogP contribution in [0.2, 0.25) is 5.02 Å². The first kappa shape index (κ1) is 21.8. The lowest BCUT2D eigenvalue weighted by Crippen LogP contribution is -2.23. The number of aromatic nitrogens is 2. The van der Waals surface area contributed by atoms with Crippen molar-refractivity contribution in [2.24, 2.45) is 0 Å². The second kappa shape index (κ2) is 9.11. The van der Waals surface area contributed by atoms with E-state index in [2.05, 4.69) is 4.98 Å². The van der Waals surface area contributed by atoms with Gasteiger partial charge in [0.2, 0.25) is 0 Å². The summed E-state index contributed by atoms with van der Waals surface area (Å²) in [5, 5.41) is 8.90. The third-order valence-electron chi connectivity index (χ3n) is 3.40. The molecule has 27 heavy (non-hydrogen) atoms. The van der Waals surface area contributed by atoms with Crippen molar-refractivity contribution in [2.45, 2.75) is 17.2 Å². The van der Waals surface area contributed by atoms with Gasteiger partial charge >= 0.3 is 11.9 Å². The van der Waals surface area contributed by atoms with Gasteiger partial charge in [-0.15, -0.1) is 11.8 Å². The van der Waals surface area contributed by atoms with Crippen molar-refractivity contribution < 1.29 is 27.8 Å². The molecule has 0 saturated heterocycles. The van der Waals surface area contributed by atoms with Crippen molar-refractivity contribution in [2.75, 3.05) is 32.7 Å². The van der Waals surface area contributed by atoms with Crippen LogP contribution in [0.5, 0.6) is 0 Å². The molecule has 1 heterocycles. The average molecular weight is 429 g/mol. The maximum absolute atomic E-state index is 13.2. The quantitative estimate of drug-likeness (QED) is 0.439. The lowest BCUT2D eigenvalue weighted by atomic mass is 10.1. The Morgan fingerprint density at radius 2 is 2.00 bits per heavy atom. The fourth-order valence-corrected chi connectivity index (χ4v) is 3.60. The van der Waals surface area contributed by atoms with E-state index in [1.807, 2.05) is 4.98 Å². The first-order valence-electron chi connectivity index (χ1n) is 7.58. The first-order valence-corrected chi connectivity index (χ1v) is 8.95. The van der Waals surface area contributed by atoms with Gasteiger partial charge in [0.15, 0.2) is 0 Å². The Hall–Kier alpha value is -1.53. The summed E-state index contributed by atoms with van der Waals surface area (Å²) in [6, 6.07) is 0.584. The number of thioether (sulfide) groups is 1. The number of H-pyrrole nitrogens is 2. The summed E-state index contributed by atoms with van der Waals surface area (Å²) in [6.45, 7) is 0.504. The number of alkyl halides is 3. The highest BCUT2D eigenvalue weighted by molar-refractivity contribution is 7.99. The van der Waals surface area contributed by atoms with E-state index in [1.165, 1.54) is 7.11 Å². The van der Waals surface area contributed by atoms with E-state index in [-0.39, 0.29) is 34.8 Å². The minimum Gasteiger partial charge on any atom is -0.390 e. The highest BCUT2D eigenvalue weighted by atomic mass is 35.5. The van der Waals surface area contributed by atoms with Gasteiger partial charge in [-0.2, -0.15) is 13.2 Å². The summed E-state index contributed by atoms with van der Waals surface area (Å²) in [6.07, 6.45) is -5.81. The van der Waals surface area contributed by atoms with Crippen molar-refractivity contribution in [3.63, 3.8) is 0 Å². The van der Waals surface area contributed by atoms with Crippen LogP contribution in [0.1, 0.15) is 5.56 Å². The van der Waals surface area contributed by atoms with Crippen molar-refractivity contribution in [1.29, 1.82) is 0 Å². The van der Waals surface area contributed by atoms with E-state index in [0.717, 1.165) is 11.8 Å². The van der Waals surface area contributed by atoms with Gasteiger partial charge in [-0.1, -0.05) is 11.6 Å². The number of rotatable bonds is 8. The summed E-state index contributed by atoms with van der Waals surface area (Å²) in [4.78, 5) is 27.4. The van der Waals surface area contributed by atoms with Gasteiger partial charge in [-0.3, -0.25) is 9.78 Å². The van der Waals surface area contributed by atoms with E-state index in [0.29, 0.717) is 12.7 Å². The fraction of sp³-hybridized carbons (Fsp3) is 0.467. The molecule has 0 aliphatic heterocycles. The van der Waals surface area contributed by atoms with Crippen LogP contribution in [0.15, 0.2) is 20.6 Å².